The molecule has 10 heteroatoms. The number of fused-ring (bicyclic) bond motifs is 1. The van der Waals surface area contributed by atoms with Gasteiger partial charge in [-0.15, -0.1) is 10.2 Å². The topological polar surface area (TPSA) is 95.7 Å². The van der Waals surface area contributed by atoms with Crippen molar-refractivity contribution in [3.63, 3.8) is 0 Å². The molecule has 2 heterocycles. The highest BCUT2D eigenvalue weighted by atomic mass is 32.2. The van der Waals surface area contributed by atoms with E-state index in [2.05, 4.69) is 15.3 Å². The molecule has 124 valence electrons. The van der Waals surface area contributed by atoms with Crippen LogP contribution in [-0.2, 0) is 0 Å². The number of rotatable bonds is 6. The summed E-state index contributed by atoms with van der Waals surface area (Å²) in [5.41, 5.74) is 0.160. The summed E-state index contributed by atoms with van der Waals surface area (Å²) in [4.78, 5) is 24.3. The molecule has 0 atom stereocenters. The molecule has 0 radical (unpaired) electrons. The summed E-state index contributed by atoms with van der Waals surface area (Å²) in [6.45, 7) is 0. The average molecular weight is 364 g/mol. The van der Waals surface area contributed by atoms with Crippen molar-refractivity contribution >= 4 is 33.8 Å². The molecular weight excluding hydrogens is 352 g/mol. The minimum atomic E-state index is -0.352. The highest BCUT2D eigenvalue weighted by Crippen LogP contribution is 2.29. The molecule has 3 rings (SSSR count). The first-order valence-corrected chi connectivity index (χ1v) is 8.52. The largest absolute Gasteiger partial charge is 0.493 e. The van der Waals surface area contributed by atoms with Crippen LogP contribution in [0.1, 0.15) is 10.4 Å². The normalized spacial score (nSPS) is 10.8. The van der Waals surface area contributed by atoms with E-state index in [1.54, 1.807) is 18.2 Å². The third kappa shape index (κ3) is 3.24. The third-order valence-electron chi connectivity index (χ3n) is 3.09. The van der Waals surface area contributed by atoms with Gasteiger partial charge in [-0.1, -0.05) is 23.1 Å². The second-order valence-corrected chi connectivity index (χ2v) is 6.71. The number of ether oxygens (including phenoxy) is 2. The molecule has 0 aliphatic rings. The highest BCUT2D eigenvalue weighted by molar-refractivity contribution is 8.01. The van der Waals surface area contributed by atoms with Gasteiger partial charge in [0.1, 0.15) is 6.20 Å². The van der Waals surface area contributed by atoms with Gasteiger partial charge in [-0.3, -0.25) is 9.59 Å². The second-order valence-electron chi connectivity index (χ2n) is 4.53. The van der Waals surface area contributed by atoms with E-state index in [1.165, 1.54) is 41.8 Å². The van der Waals surface area contributed by atoms with Gasteiger partial charge in [0.25, 0.3) is 5.56 Å². The molecule has 0 saturated heterocycles. The van der Waals surface area contributed by atoms with Crippen molar-refractivity contribution in [2.45, 2.75) is 4.34 Å². The molecular formula is C14H12N4O4S2. The number of carbonyl (C=O) groups excluding carboxylic acids is 1. The quantitative estimate of drug-likeness (QED) is 0.480. The van der Waals surface area contributed by atoms with Crippen molar-refractivity contribution in [1.82, 2.24) is 19.8 Å². The van der Waals surface area contributed by atoms with Gasteiger partial charge in [0.15, 0.2) is 21.6 Å². The molecule has 0 amide bonds. The number of aromatic nitrogens is 4. The van der Waals surface area contributed by atoms with E-state index in [-0.39, 0.29) is 17.1 Å². The summed E-state index contributed by atoms with van der Waals surface area (Å²) in [5.74, 6) is 1.15. The van der Waals surface area contributed by atoms with Crippen LogP contribution in [0.4, 0.5) is 0 Å². The number of methoxy groups -OCH3 is 2. The number of benzene rings is 1. The van der Waals surface area contributed by atoms with Crippen LogP contribution >= 0.6 is 23.1 Å². The first kappa shape index (κ1) is 16.4. The molecule has 0 fully saturated rings. The Morgan fingerprint density at radius 3 is 2.79 bits per heavy atom. The van der Waals surface area contributed by atoms with Gasteiger partial charge in [-0.05, 0) is 18.2 Å². The predicted octanol–water partition coefficient (Wildman–Crippen LogP) is 1.54. The van der Waals surface area contributed by atoms with Crippen LogP contribution in [0.15, 0.2) is 33.5 Å². The summed E-state index contributed by atoms with van der Waals surface area (Å²) >= 11 is 2.45. The zero-order chi connectivity index (χ0) is 17.1. The fourth-order valence-electron chi connectivity index (χ4n) is 1.93. The van der Waals surface area contributed by atoms with Crippen molar-refractivity contribution in [3.8, 4) is 11.5 Å². The Bertz CT molecular complexity index is 953. The second kappa shape index (κ2) is 6.97. The first-order chi connectivity index (χ1) is 11.6. The lowest BCUT2D eigenvalue weighted by atomic mass is 10.1. The molecule has 0 aliphatic carbocycles. The molecule has 0 aliphatic heterocycles. The summed E-state index contributed by atoms with van der Waals surface area (Å²) in [7, 11) is 3.05. The molecule has 0 bridgehead atoms. The van der Waals surface area contributed by atoms with Crippen molar-refractivity contribution in [2.75, 3.05) is 20.0 Å². The number of hydrogen-bond donors (Lipinski definition) is 0. The van der Waals surface area contributed by atoms with Crippen molar-refractivity contribution < 1.29 is 14.3 Å². The van der Waals surface area contributed by atoms with Gasteiger partial charge in [-0.25, -0.2) is 0 Å². The summed E-state index contributed by atoms with van der Waals surface area (Å²) in [6, 6.07) is 5.00. The molecule has 8 nitrogen and oxygen atoms in total. The number of hydrogen-bond acceptors (Lipinski definition) is 9. The van der Waals surface area contributed by atoms with Crippen molar-refractivity contribution in [1.29, 1.82) is 0 Å². The molecule has 3 aromatic rings. The van der Waals surface area contributed by atoms with E-state index < -0.39 is 0 Å². The molecule has 0 saturated carbocycles. The molecule has 0 spiro atoms. The summed E-state index contributed by atoms with van der Waals surface area (Å²) in [6.07, 6.45) is 1.09. The van der Waals surface area contributed by atoms with Gasteiger partial charge in [0, 0.05) is 5.56 Å². The lowest BCUT2D eigenvalue weighted by Gasteiger charge is -2.08. The third-order valence-corrected chi connectivity index (χ3v) is 5.13. The number of nitrogens with zero attached hydrogens (tertiary/aromatic N) is 4. The zero-order valence-electron chi connectivity index (χ0n) is 12.8. The van der Waals surface area contributed by atoms with E-state index in [4.69, 9.17) is 9.47 Å². The van der Waals surface area contributed by atoms with E-state index in [0.29, 0.717) is 26.4 Å². The van der Waals surface area contributed by atoms with Gasteiger partial charge in [0.05, 0.1) is 20.0 Å². The van der Waals surface area contributed by atoms with Crippen LogP contribution < -0.4 is 15.0 Å². The van der Waals surface area contributed by atoms with E-state index in [1.807, 2.05) is 0 Å². The zero-order valence-corrected chi connectivity index (χ0v) is 14.4. The lowest BCUT2D eigenvalue weighted by Crippen LogP contribution is -2.14. The Morgan fingerprint density at radius 2 is 2.08 bits per heavy atom. The molecule has 24 heavy (non-hydrogen) atoms. The van der Waals surface area contributed by atoms with Gasteiger partial charge in [-0.2, -0.15) is 9.61 Å². The smallest absolute Gasteiger partial charge is 0.293 e. The van der Waals surface area contributed by atoms with Crippen LogP contribution in [-0.4, -0.2) is 45.6 Å². The standard InChI is InChI=1S/C14H12N4O4S2/c1-21-10-4-3-8(5-11(10)22-2)9(19)7-23-14-17-18-12(20)6-15-16-13(18)24-14/h3-6H,7H2,1-2H3. The number of Topliss-reactive ketones (excluding diaryl/α,β-unsaturated/α-hetero) is 1. The van der Waals surface area contributed by atoms with E-state index >= 15 is 0 Å². The maximum absolute atomic E-state index is 12.3. The number of carbonyl (C=O) groups is 1. The predicted molar refractivity (Wildman–Crippen MR) is 89.5 cm³/mol. The van der Waals surface area contributed by atoms with E-state index in [9.17, 15) is 9.59 Å². The van der Waals surface area contributed by atoms with Crippen LogP contribution in [0.25, 0.3) is 4.96 Å². The van der Waals surface area contributed by atoms with E-state index in [0.717, 1.165) is 6.20 Å². The fourth-order valence-corrected chi connectivity index (χ4v) is 3.71. The Labute approximate surface area is 144 Å². The monoisotopic (exact) mass is 364 g/mol. The van der Waals surface area contributed by atoms with Crippen LogP contribution in [0.3, 0.4) is 0 Å². The van der Waals surface area contributed by atoms with Crippen LogP contribution in [0.2, 0.25) is 0 Å². The Hall–Kier alpha value is -2.46. The Kier molecular flexibility index (Phi) is 4.76. The Morgan fingerprint density at radius 1 is 1.29 bits per heavy atom. The number of ketones is 1. The first-order valence-electron chi connectivity index (χ1n) is 6.72. The fraction of sp³-hybridized carbons (Fsp3) is 0.214. The maximum Gasteiger partial charge on any atom is 0.293 e. The van der Waals surface area contributed by atoms with Gasteiger partial charge >= 0.3 is 0 Å². The summed E-state index contributed by atoms with van der Waals surface area (Å²) < 4.78 is 12.1. The van der Waals surface area contributed by atoms with Crippen LogP contribution in [0.5, 0.6) is 11.5 Å². The SMILES string of the molecule is COc1ccc(C(=O)CSc2nn3c(=O)cnnc3s2)cc1OC. The minimum Gasteiger partial charge on any atom is -0.493 e. The minimum absolute atomic E-state index is 0.0846. The highest BCUT2D eigenvalue weighted by Gasteiger charge is 2.13. The summed E-state index contributed by atoms with van der Waals surface area (Å²) in [5, 5.41) is 11.5. The maximum atomic E-state index is 12.3. The van der Waals surface area contributed by atoms with Crippen LogP contribution in [0, 0.1) is 0 Å². The average Bonchev–Trinajstić information content (AvgIpc) is 3.03. The molecule has 0 unspecified atom stereocenters. The Balaban J connectivity index is 1.75. The molecule has 1 aromatic carbocycles. The lowest BCUT2D eigenvalue weighted by molar-refractivity contribution is 0.102. The van der Waals surface area contributed by atoms with Crippen molar-refractivity contribution in [2.24, 2.45) is 0 Å². The number of thioether (sulfide) groups is 1. The van der Waals surface area contributed by atoms with Gasteiger partial charge < -0.3 is 9.47 Å². The molecule has 0 N–H and O–H groups in total. The van der Waals surface area contributed by atoms with Gasteiger partial charge in [0.2, 0.25) is 4.96 Å². The van der Waals surface area contributed by atoms with Crippen molar-refractivity contribution in [3.05, 3.63) is 40.3 Å². The molecule has 2 aromatic heterocycles.